The summed E-state index contributed by atoms with van der Waals surface area (Å²) in [6.45, 7) is 8.20. The van der Waals surface area contributed by atoms with Gasteiger partial charge in [-0.2, -0.15) is 0 Å². The predicted molar refractivity (Wildman–Crippen MR) is 78.8 cm³/mol. The lowest BCUT2D eigenvalue weighted by atomic mass is 9.99. The van der Waals surface area contributed by atoms with Gasteiger partial charge in [0.2, 0.25) is 0 Å². The van der Waals surface area contributed by atoms with Crippen molar-refractivity contribution in [1.82, 2.24) is 0 Å². The smallest absolute Gasteiger partial charge is 0.0948 e. The van der Waals surface area contributed by atoms with Crippen LogP contribution in [0.15, 0.2) is 18.2 Å². The first-order valence-corrected chi connectivity index (χ1v) is 7.20. The Bertz CT molecular complexity index is 417. The summed E-state index contributed by atoms with van der Waals surface area (Å²) < 4.78 is 5.48. The van der Waals surface area contributed by atoms with Gasteiger partial charge in [0.15, 0.2) is 0 Å². The average Bonchev–Trinajstić information content (AvgIpc) is 2.36. The summed E-state index contributed by atoms with van der Waals surface area (Å²) in [5, 5.41) is 10.1. The molecular formula is C16H25NO2. The highest BCUT2D eigenvalue weighted by Crippen LogP contribution is 2.27. The molecule has 0 saturated heterocycles. The van der Waals surface area contributed by atoms with Crippen molar-refractivity contribution >= 4 is 5.69 Å². The fourth-order valence-electron chi connectivity index (χ4n) is 2.60. The van der Waals surface area contributed by atoms with Crippen molar-refractivity contribution in [1.29, 1.82) is 0 Å². The van der Waals surface area contributed by atoms with Gasteiger partial charge in [0.1, 0.15) is 0 Å². The molecule has 19 heavy (non-hydrogen) atoms. The highest BCUT2D eigenvalue weighted by atomic mass is 16.5. The number of aliphatic hydroxyl groups is 1. The van der Waals surface area contributed by atoms with Crippen LogP contribution in [0.4, 0.5) is 5.69 Å². The maximum atomic E-state index is 10.1. The van der Waals surface area contributed by atoms with E-state index in [2.05, 4.69) is 30.0 Å². The average molecular weight is 263 g/mol. The second-order valence-corrected chi connectivity index (χ2v) is 5.72. The first-order valence-electron chi connectivity index (χ1n) is 7.20. The van der Waals surface area contributed by atoms with Gasteiger partial charge in [0.25, 0.3) is 0 Å². The summed E-state index contributed by atoms with van der Waals surface area (Å²) >= 11 is 0. The van der Waals surface area contributed by atoms with Crippen molar-refractivity contribution in [3.8, 4) is 0 Å². The summed E-state index contributed by atoms with van der Waals surface area (Å²) in [7, 11) is 0. The van der Waals surface area contributed by atoms with E-state index in [1.807, 2.05) is 13.8 Å². The van der Waals surface area contributed by atoms with Gasteiger partial charge in [0.05, 0.1) is 18.8 Å². The molecule has 1 aliphatic rings. The van der Waals surface area contributed by atoms with E-state index < -0.39 is 6.10 Å². The lowest BCUT2D eigenvalue weighted by Gasteiger charge is -2.33. The Kier molecular flexibility index (Phi) is 4.83. The number of benzene rings is 1. The molecule has 3 nitrogen and oxygen atoms in total. The SMILES string of the molecule is Cc1ccc2c(c1)CCCN2CC(O)COC(C)C. The number of anilines is 1. The van der Waals surface area contributed by atoms with Crippen molar-refractivity contribution in [2.24, 2.45) is 0 Å². The topological polar surface area (TPSA) is 32.7 Å². The van der Waals surface area contributed by atoms with Crippen LogP contribution in [0.2, 0.25) is 0 Å². The Hall–Kier alpha value is -1.06. The van der Waals surface area contributed by atoms with Crippen LogP contribution in [-0.4, -0.2) is 37.0 Å². The number of hydrogen-bond donors (Lipinski definition) is 1. The number of fused-ring (bicyclic) bond motifs is 1. The van der Waals surface area contributed by atoms with Gasteiger partial charge >= 0.3 is 0 Å². The molecular weight excluding hydrogens is 238 g/mol. The second-order valence-electron chi connectivity index (χ2n) is 5.72. The molecule has 1 N–H and O–H groups in total. The maximum absolute atomic E-state index is 10.1. The van der Waals surface area contributed by atoms with E-state index in [4.69, 9.17) is 4.74 Å². The van der Waals surface area contributed by atoms with E-state index in [1.54, 1.807) is 0 Å². The largest absolute Gasteiger partial charge is 0.389 e. The van der Waals surface area contributed by atoms with Gasteiger partial charge in [-0.1, -0.05) is 17.7 Å². The van der Waals surface area contributed by atoms with E-state index >= 15 is 0 Å². The standard InChI is InChI=1S/C16H25NO2/c1-12(2)19-11-15(18)10-17-8-4-5-14-9-13(3)6-7-16(14)17/h6-7,9,12,15,18H,4-5,8,10-11H2,1-3H3. The van der Waals surface area contributed by atoms with Crippen molar-refractivity contribution in [3.63, 3.8) is 0 Å². The Labute approximate surface area is 116 Å². The lowest BCUT2D eigenvalue weighted by Crippen LogP contribution is -2.38. The van der Waals surface area contributed by atoms with Crippen LogP contribution in [-0.2, 0) is 11.2 Å². The van der Waals surface area contributed by atoms with Crippen molar-refractivity contribution < 1.29 is 9.84 Å². The molecule has 1 atom stereocenters. The number of aliphatic hydroxyl groups excluding tert-OH is 1. The molecule has 0 aliphatic carbocycles. The first kappa shape index (κ1) is 14.4. The minimum absolute atomic E-state index is 0.172. The number of β-amino-alcohol motifs (C(OH)–C–C–N with tert-alkyl or cyclic N) is 1. The highest BCUT2D eigenvalue weighted by Gasteiger charge is 2.19. The minimum Gasteiger partial charge on any atom is -0.389 e. The molecule has 1 heterocycles. The van der Waals surface area contributed by atoms with Crippen LogP contribution in [0.5, 0.6) is 0 Å². The Morgan fingerprint density at radius 3 is 2.89 bits per heavy atom. The molecule has 106 valence electrons. The fraction of sp³-hybridized carbons (Fsp3) is 0.625. The number of aryl methyl sites for hydroxylation is 2. The summed E-state index contributed by atoms with van der Waals surface area (Å²) in [5.74, 6) is 0. The first-order chi connectivity index (χ1) is 9.06. The minimum atomic E-state index is -0.422. The van der Waals surface area contributed by atoms with Crippen LogP contribution in [0.3, 0.4) is 0 Å². The van der Waals surface area contributed by atoms with E-state index in [0.29, 0.717) is 13.2 Å². The number of ether oxygens (including phenoxy) is 1. The predicted octanol–water partition coefficient (Wildman–Crippen LogP) is 2.53. The zero-order valence-corrected chi connectivity index (χ0v) is 12.2. The van der Waals surface area contributed by atoms with E-state index in [-0.39, 0.29) is 6.10 Å². The zero-order chi connectivity index (χ0) is 13.8. The Morgan fingerprint density at radius 2 is 2.16 bits per heavy atom. The van der Waals surface area contributed by atoms with Crippen LogP contribution < -0.4 is 4.90 Å². The van der Waals surface area contributed by atoms with Crippen LogP contribution >= 0.6 is 0 Å². The van der Waals surface area contributed by atoms with E-state index in [1.165, 1.54) is 16.8 Å². The summed E-state index contributed by atoms with van der Waals surface area (Å²) in [4.78, 5) is 2.28. The molecule has 0 spiro atoms. The quantitative estimate of drug-likeness (QED) is 0.886. The normalized spacial score (nSPS) is 16.6. The Balaban J connectivity index is 1.99. The molecule has 0 bridgehead atoms. The zero-order valence-electron chi connectivity index (χ0n) is 12.2. The number of nitrogens with zero attached hydrogens (tertiary/aromatic N) is 1. The molecule has 1 unspecified atom stereocenters. The van der Waals surface area contributed by atoms with Gasteiger partial charge in [-0.15, -0.1) is 0 Å². The molecule has 0 saturated carbocycles. The van der Waals surface area contributed by atoms with Crippen molar-refractivity contribution in [2.75, 3.05) is 24.6 Å². The van der Waals surface area contributed by atoms with Gasteiger partial charge < -0.3 is 14.7 Å². The van der Waals surface area contributed by atoms with Gasteiger partial charge in [0, 0.05) is 18.8 Å². The number of rotatable bonds is 5. The molecule has 3 heteroatoms. The number of hydrogen-bond acceptors (Lipinski definition) is 3. The summed E-state index contributed by atoms with van der Waals surface area (Å²) in [5.41, 5.74) is 3.99. The molecule has 1 aromatic carbocycles. The molecule has 1 aliphatic heterocycles. The van der Waals surface area contributed by atoms with E-state index in [9.17, 15) is 5.11 Å². The molecule has 1 aromatic rings. The van der Waals surface area contributed by atoms with Crippen LogP contribution in [0.25, 0.3) is 0 Å². The maximum Gasteiger partial charge on any atom is 0.0948 e. The molecule has 0 aromatic heterocycles. The molecule has 0 amide bonds. The summed E-state index contributed by atoms with van der Waals surface area (Å²) in [6, 6.07) is 6.59. The third kappa shape index (κ3) is 3.95. The van der Waals surface area contributed by atoms with Gasteiger partial charge in [-0.3, -0.25) is 0 Å². The molecule has 2 rings (SSSR count). The van der Waals surface area contributed by atoms with E-state index in [0.717, 1.165) is 19.4 Å². The highest BCUT2D eigenvalue weighted by molar-refractivity contribution is 5.56. The monoisotopic (exact) mass is 263 g/mol. The van der Waals surface area contributed by atoms with Crippen molar-refractivity contribution in [3.05, 3.63) is 29.3 Å². The fourth-order valence-corrected chi connectivity index (χ4v) is 2.60. The molecule has 0 fully saturated rings. The lowest BCUT2D eigenvalue weighted by molar-refractivity contribution is 0.00880. The Morgan fingerprint density at radius 1 is 1.37 bits per heavy atom. The second kappa shape index (κ2) is 6.40. The van der Waals surface area contributed by atoms with Crippen LogP contribution in [0.1, 0.15) is 31.4 Å². The summed E-state index contributed by atoms with van der Waals surface area (Å²) in [6.07, 6.45) is 2.06. The van der Waals surface area contributed by atoms with Crippen molar-refractivity contribution in [2.45, 2.75) is 45.8 Å². The van der Waals surface area contributed by atoms with Gasteiger partial charge in [-0.05, 0) is 45.2 Å². The molecule has 0 radical (unpaired) electrons. The third-order valence-electron chi connectivity index (χ3n) is 3.50. The van der Waals surface area contributed by atoms with Crippen LogP contribution in [0, 0.1) is 6.92 Å². The van der Waals surface area contributed by atoms with Gasteiger partial charge in [-0.25, -0.2) is 0 Å². The third-order valence-corrected chi connectivity index (χ3v) is 3.50.